The summed E-state index contributed by atoms with van der Waals surface area (Å²) in [5, 5.41) is 0.720. The predicted octanol–water partition coefficient (Wildman–Crippen LogP) is 5.63. The molecular weight excluding hydrogens is 486 g/mol. The number of aromatic nitrogens is 1. The Bertz CT molecular complexity index is 1140. The molecule has 0 aliphatic rings. The van der Waals surface area contributed by atoms with E-state index in [1.807, 2.05) is 91.7 Å². The molecule has 2 amide bonds. The second-order valence-electron chi connectivity index (χ2n) is 9.98. The van der Waals surface area contributed by atoms with Crippen molar-refractivity contribution in [2.24, 2.45) is 5.92 Å². The maximum atomic E-state index is 13.5. The Morgan fingerprint density at radius 2 is 1.62 bits per heavy atom. The highest BCUT2D eigenvalue weighted by Crippen LogP contribution is 2.19. The number of carbonyl (C=O) groups is 2. The molecule has 0 aliphatic heterocycles. The summed E-state index contributed by atoms with van der Waals surface area (Å²) in [7, 11) is 0. The number of nitrogens with zero attached hydrogens (tertiary/aromatic N) is 3. The summed E-state index contributed by atoms with van der Waals surface area (Å²) >= 11 is 6.38. The van der Waals surface area contributed by atoms with Crippen LogP contribution in [-0.4, -0.2) is 51.9 Å². The molecule has 1 heterocycles. The molecule has 0 saturated carbocycles. The van der Waals surface area contributed by atoms with Gasteiger partial charge in [0.05, 0.1) is 13.2 Å². The van der Waals surface area contributed by atoms with Gasteiger partial charge >= 0.3 is 0 Å². The van der Waals surface area contributed by atoms with E-state index in [2.05, 4.69) is 18.4 Å². The topological polar surface area (TPSA) is 54.8 Å². The average molecular weight is 524 g/mol. The quantitative estimate of drug-likeness (QED) is 0.292. The van der Waals surface area contributed by atoms with Crippen molar-refractivity contribution in [2.45, 2.75) is 53.4 Å². The molecule has 1 aromatic heterocycles. The van der Waals surface area contributed by atoms with Crippen LogP contribution in [0.25, 0.3) is 0 Å². The monoisotopic (exact) mass is 523 g/mol. The number of hydrogen-bond acceptors (Lipinski definition) is 3. The van der Waals surface area contributed by atoms with Gasteiger partial charge in [0.25, 0.3) is 0 Å². The highest BCUT2D eigenvalue weighted by atomic mass is 35.5. The molecule has 0 unspecified atom stereocenters. The normalized spacial score (nSPS) is 11.2. The van der Waals surface area contributed by atoms with Crippen LogP contribution in [0.3, 0.4) is 0 Å². The van der Waals surface area contributed by atoms with E-state index in [9.17, 15) is 9.59 Å². The lowest BCUT2D eigenvalue weighted by molar-refractivity contribution is -0.145. The second-order valence-corrected chi connectivity index (χ2v) is 10.4. The number of halogens is 1. The van der Waals surface area contributed by atoms with Crippen molar-refractivity contribution in [3.05, 3.63) is 94.8 Å². The van der Waals surface area contributed by atoms with Crippen LogP contribution in [0.1, 0.15) is 44.5 Å². The van der Waals surface area contributed by atoms with E-state index in [1.165, 1.54) is 0 Å². The standard InChI is InChI=1S/C30H38ClN3O3/c1-23(2)17-33(19-27-14-10-16-32(27)18-26-13-8-9-15-28(26)31)29(35)20-34(24(3)4)30(36)22-37-21-25-11-6-5-7-12-25/h5-16,23-24H,17-22H2,1-4H3. The zero-order valence-electron chi connectivity index (χ0n) is 22.3. The van der Waals surface area contributed by atoms with Crippen molar-refractivity contribution in [2.75, 3.05) is 19.7 Å². The first-order valence-electron chi connectivity index (χ1n) is 12.8. The second kappa shape index (κ2) is 14.0. The van der Waals surface area contributed by atoms with E-state index in [4.69, 9.17) is 16.3 Å². The van der Waals surface area contributed by atoms with Gasteiger partial charge in [0.15, 0.2) is 0 Å². The van der Waals surface area contributed by atoms with Gasteiger partial charge in [-0.15, -0.1) is 0 Å². The molecule has 2 aromatic carbocycles. The molecule has 0 radical (unpaired) electrons. The molecular formula is C30H38ClN3O3. The third-order valence-corrected chi connectivity index (χ3v) is 6.47. The Morgan fingerprint density at radius 1 is 0.919 bits per heavy atom. The van der Waals surface area contributed by atoms with E-state index < -0.39 is 0 Å². The fourth-order valence-corrected chi connectivity index (χ4v) is 4.36. The number of ether oxygens (including phenoxy) is 1. The highest BCUT2D eigenvalue weighted by Gasteiger charge is 2.25. The van der Waals surface area contributed by atoms with Crippen molar-refractivity contribution in [3.63, 3.8) is 0 Å². The van der Waals surface area contributed by atoms with Crippen LogP contribution in [-0.2, 0) is 34.0 Å². The molecule has 0 N–H and O–H groups in total. The van der Waals surface area contributed by atoms with Crippen LogP contribution in [0.5, 0.6) is 0 Å². The zero-order chi connectivity index (χ0) is 26.8. The summed E-state index contributed by atoms with van der Waals surface area (Å²) in [6, 6.07) is 21.4. The molecule has 7 heteroatoms. The van der Waals surface area contributed by atoms with E-state index in [0.29, 0.717) is 26.2 Å². The third-order valence-electron chi connectivity index (χ3n) is 6.10. The minimum Gasteiger partial charge on any atom is -0.367 e. The number of benzene rings is 2. The number of rotatable bonds is 13. The molecule has 0 spiro atoms. The summed E-state index contributed by atoms with van der Waals surface area (Å²) in [6.45, 7) is 10.0. The van der Waals surface area contributed by atoms with Gasteiger partial charge in [-0.2, -0.15) is 0 Å². The molecule has 0 aliphatic carbocycles. The Labute approximate surface area is 225 Å². The third kappa shape index (κ3) is 8.76. The molecule has 0 saturated heterocycles. The summed E-state index contributed by atoms with van der Waals surface area (Å²) in [6.07, 6.45) is 2.00. The van der Waals surface area contributed by atoms with E-state index >= 15 is 0 Å². The Kier molecular flexibility index (Phi) is 10.8. The summed E-state index contributed by atoms with van der Waals surface area (Å²) < 4.78 is 7.77. The Hall–Kier alpha value is -3.09. The van der Waals surface area contributed by atoms with Gasteiger partial charge in [0.2, 0.25) is 11.8 Å². The molecule has 37 heavy (non-hydrogen) atoms. The van der Waals surface area contributed by atoms with E-state index in [1.54, 1.807) is 4.90 Å². The highest BCUT2D eigenvalue weighted by molar-refractivity contribution is 6.31. The molecule has 3 aromatic rings. The largest absolute Gasteiger partial charge is 0.367 e. The summed E-state index contributed by atoms with van der Waals surface area (Å²) in [4.78, 5) is 29.9. The van der Waals surface area contributed by atoms with Gasteiger partial charge in [0, 0.05) is 36.0 Å². The first-order valence-corrected chi connectivity index (χ1v) is 13.2. The van der Waals surface area contributed by atoms with Crippen LogP contribution in [0.4, 0.5) is 0 Å². The van der Waals surface area contributed by atoms with Crippen molar-refractivity contribution in [1.82, 2.24) is 14.4 Å². The van der Waals surface area contributed by atoms with Crippen molar-refractivity contribution < 1.29 is 14.3 Å². The first-order chi connectivity index (χ1) is 17.7. The van der Waals surface area contributed by atoms with Crippen LogP contribution >= 0.6 is 11.6 Å². The van der Waals surface area contributed by atoms with Gasteiger partial charge in [-0.05, 0) is 49.1 Å². The average Bonchev–Trinajstić information content (AvgIpc) is 3.30. The lowest BCUT2D eigenvalue weighted by Crippen LogP contribution is -2.47. The fraction of sp³-hybridized carbons (Fsp3) is 0.400. The van der Waals surface area contributed by atoms with Crippen LogP contribution in [0.15, 0.2) is 72.9 Å². The summed E-state index contributed by atoms with van der Waals surface area (Å²) in [5.74, 6) is 0.0171. The van der Waals surface area contributed by atoms with Crippen molar-refractivity contribution in [1.29, 1.82) is 0 Å². The smallest absolute Gasteiger partial charge is 0.249 e. The lowest BCUT2D eigenvalue weighted by atomic mass is 10.2. The van der Waals surface area contributed by atoms with Crippen LogP contribution < -0.4 is 0 Å². The van der Waals surface area contributed by atoms with Crippen molar-refractivity contribution >= 4 is 23.4 Å². The molecule has 3 rings (SSSR count). The first kappa shape index (κ1) is 28.5. The van der Waals surface area contributed by atoms with E-state index in [-0.39, 0.29) is 36.9 Å². The molecule has 198 valence electrons. The number of carbonyl (C=O) groups excluding carboxylic acids is 2. The van der Waals surface area contributed by atoms with Gasteiger partial charge in [0.1, 0.15) is 13.2 Å². The molecule has 6 nitrogen and oxygen atoms in total. The zero-order valence-corrected chi connectivity index (χ0v) is 23.0. The lowest BCUT2D eigenvalue weighted by Gasteiger charge is -2.31. The van der Waals surface area contributed by atoms with Gasteiger partial charge in [-0.25, -0.2) is 0 Å². The minimum absolute atomic E-state index is 0.0170. The van der Waals surface area contributed by atoms with Gasteiger partial charge < -0.3 is 19.1 Å². The maximum Gasteiger partial charge on any atom is 0.249 e. The van der Waals surface area contributed by atoms with Crippen LogP contribution in [0, 0.1) is 5.92 Å². The van der Waals surface area contributed by atoms with Gasteiger partial charge in [-0.1, -0.05) is 74.0 Å². The predicted molar refractivity (Wildman–Crippen MR) is 148 cm³/mol. The minimum atomic E-state index is -0.189. The fourth-order valence-electron chi connectivity index (χ4n) is 4.17. The van der Waals surface area contributed by atoms with Crippen molar-refractivity contribution in [3.8, 4) is 0 Å². The van der Waals surface area contributed by atoms with Gasteiger partial charge in [-0.3, -0.25) is 9.59 Å². The van der Waals surface area contributed by atoms with Crippen LogP contribution in [0.2, 0.25) is 5.02 Å². The number of amides is 2. The SMILES string of the molecule is CC(C)CN(Cc1cccn1Cc1ccccc1Cl)C(=O)CN(C(=O)COCc1ccccc1)C(C)C. The Balaban J connectivity index is 1.66. The van der Waals surface area contributed by atoms with E-state index in [0.717, 1.165) is 21.8 Å². The molecule has 0 bridgehead atoms. The molecule has 0 fully saturated rings. The summed E-state index contributed by atoms with van der Waals surface area (Å²) in [5.41, 5.74) is 3.04. The number of hydrogen-bond donors (Lipinski definition) is 0. The Morgan fingerprint density at radius 3 is 2.30 bits per heavy atom. The molecule has 0 atom stereocenters. The maximum absolute atomic E-state index is 13.5.